The van der Waals surface area contributed by atoms with Crippen molar-refractivity contribution in [2.24, 2.45) is 0 Å². The fourth-order valence-electron chi connectivity index (χ4n) is 2.62. The Morgan fingerprint density at radius 3 is 2.36 bits per heavy atom. The van der Waals surface area contributed by atoms with E-state index in [0.29, 0.717) is 28.2 Å². The van der Waals surface area contributed by atoms with Gasteiger partial charge in [-0.3, -0.25) is 4.79 Å². The van der Waals surface area contributed by atoms with Gasteiger partial charge in [-0.15, -0.1) is 23.5 Å². The van der Waals surface area contributed by atoms with Crippen molar-refractivity contribution in [3.05, 3.63) is 59.2 Å². The minimum atomic E-state index is -0.0759. The van der Waals surface area contributed by atoms with E-state index in [4.69, 9.17) is 9.47 Å². The zero-order valence-corrected chi connectivity index (χ0v) is 15.9. The van der Waals surface area contributed by atoms with Crippen LogP contribution in [0, 0.1) is 0 Å². The summed E-state index contributed by atoms with van der Waals surface area (Å²) >= 11 is 3.93. The van der Waals surface area contributed by atoms with E-state index in [1.165, 1.54) is 17.1 Å². The van der Waals surface area contributed by atoms with Crippen LogP contribution in [0.3, 0.4) is 0 Å². The van der Waals surface area contributed by atoms with Crippen LogP contribution in [-0.2, 0) is 6.54 Å². The van der Waals surface area contributed by atoms with Gasteiger partial charge in [0.25, 0.3) is 5.91 Å². The SMILES string of the molecule is COc1ccc(CNC(=O)c2ccc(C3SCCS3)cc2)cc1OC. The van der Waals surface area contributed by atoms with E-state index in [0.717, 1.165) is 5.56 Å². The van der Waals surface area contributed by atoms with E-state index < -0.39 is 0 Å². The summed E-state index contributed by atoms with van der Waals surface area (Å²) in [5.41, 5.74) is 2.92. The van der Waals surface area contributed by atoms with Crippen molar-refractivity contribution in [1.82, 2.24) is 5.32 Å². The molecule has 0 radical (unpaired) electrons. The summed E-state index contributed by atoms with van der Waals surface area (Å²) in [7, 11) is 3.20. The Bertz CT molecular complexity index is 728. The van der Waals surface area contributed by atoms with E-state index >= 15 is 0 Å². The molecule has 0 atom stereocenters. The Balaban J connectivity index is 1.60. The van der Waals surface area contributed by atoms with Crippen molar-refractivity contribution in [2.45, 2.75) is 11.1 Å². The number of nitrogens with one attached hydrogen (secondary N) is 1. The molecule has 0 spiro atoms. The minimum absolute atomic E-state index is 0.0759. The lowest BCUT2D eigenvalue weighted by molar-refractivity contribution is 0.0951. The summed E-state index contributed by atoms with van der Waals surface area (Å²) in [4.78, 5) is 12.4. The van der Waals surface area contributed by atoms with Crippen LogP contribution in [0.25, 0.3) is 0 Å². The highest BCUT2D eigenvalue weighted by atomic mass is 32.2. The van der Waals surface area contributed by atoms with Gasteiger partial charge in [0, 0.05) is 23.6 Å². The van der Waals surface area contributed by atoms with E-state index in [-0.39, 0.29) is 5.91 Å². The second-order valence-corrected chi connectivity index (χ2v) is 8.29. The van der Waals surface area contributed by atoms with Crippen molar-refractivity contribution in [3.63, 3.8) is 0 Å². The fourth-order valence-corrected chi connectivity index (χ4v) is 5.48. The molecule has 0 unspecified atom stereocenters. The van der Waals surface area contributed by atoms with Gasteiger partial charge in [0.2, 0.25) is 0 Å². The van der Waals surface area contributed by atoms with Crippen LogP contribution in [0.15, 0.2) is 42.5 Å². The molecule has 1 amide bonds. The molecule has 4 nitrogen and oxygen atoms in total. The molecule has 3 rings (SSSR count). The van der Waals surface area contributed by atoms with Crippen molar-refractivity contribution >= 4 is 29.4 Å². The Labute approximate surface area is 156 Å². The van der Waals surface area contributed by atoms with E-state index in [2.05, 4.69) is 17.4 Å². The quantitative estimate of drug-likeness (QED) is 0.823. The topological polar surface area (TPSA) is 47.6 Å². The minimum Gasteiger partial charge on any atom is -0.493 e. The van der Waals surface area contributed by atoms with Crippen molar-refractivity contribution in [3.8, 4) is 11.5 Å². The van der Waals surface area contributed by atoms with Crippen LogP contribution >= 0.6 is 23.5 Å². The normalized spacial score (nSPS) is 14.3. The highest BCUT2D eigenvalue weighted by Crippen LogP contribution is 2.45. The van der Waals surface area contributed by atoms with Crippen molar-refractivity contribution in [2.75, 3.05) is 25.7 Å². The molecular formula is C19H21NO3S2. The van der Waals surface area contributed by atoms with E-state index in [9.17, 15) is 4.79 Å². The summed E-state index contributed by atoms with van der Waals surface area (Å²) < 4.78 is 11.0. The van der Waals surface area contributed by atoms with Gasteiger partial charge in [-0.05, 0) is 35.4 Å². The summed E-state index contributed by atoms with van der Waals surface area (Å²) in [6, 6.07) is 13.5. The third-order valence-corrected chi connectivity index (χ3v) is 7.07. The number of carbonyl (C=O) groups is 1. The summed E-state index contributed by atoms with van der Waals surface area (Å²) in [5, 5.41) is 2.95. The van der Waals surface area contributed by atoms with Gasteiger partial charge >= 0.3 is 0 Å². The van der Waals surface area contributed by atoms with Crippen LogP contribution in [-0.4, -0.2) is 31.6 Å². The standard InChI is InChI=1S/C19H21NO3S2/c1-22-16-8-3-13(11-17(16)23-2)12-20-18(21)14-4-6-15(7-5-14)19-24-9-10-25-19/h3-8,11,19H,9-10,12H2,1-2H3,(H,20,21). The summed E-state index contributed by atoms with van der Waals surface area (Å²) in [6.45, 7) is 0.440. The van der Waals surface area contributed by atoms with Crippen LogP contribution in [0.2, 0.25) is 0 Å². The molecule has 1 saturated heterocycles. The van der Waals surface area contributed by atoms with Gasteiger partial charge in [0.1, 0.15) is 0 Å². The van der Waals surface area contributed by atoms with Crippen LogP contribution in [0.4, 0.5) is 0 Å². The lowest BCUT2D eigenvalue weighted by Crippen LogP contribution is -2.22. The molecule has 25 heavy (non-hydrogen) atoms. The Hall–Kier alpha value is -1.79. The maximum Gasteiger partial charge on any atom is 0.251 e. The predicted octanol–water partition coefficient (Wildman–Crippen LogP) is 4.11. The Kier molecular flexibility index (Phi) is 6.15. The van der Waals surface area contributed by atoms with Crippen molar-refractivity contribution in [1.29, 1.82) is 0 Å². The third kappa shape index (κ3) is 4.44. The average molecular weight is 376 g/mol. The molecule has 6 heteroatoms. The first-order valence-corrected chi connectivity index (χ1v) is 10.1. The number of ether oxygens (including phenoxy) is 2. The van der Waals surface area contributed by atoms with E-state index in [1.54, 1.807) is 14.2 Å². The fraction of sp³-hybridized carbons (Fsp3) is 0.316. The molecule has 0 aliphatic carbocycles. The molecule has 0 aromatic heterocycles. The summed E-state index contributed by atoms with van der Waals surface area (Å²) in [6.07, 6.45) is 0. The lowest BCUT2D eigenvalue weighted by atomic mass is 10.1. The predicted molar refractivity (Wildman–Crippen MR) is 105 cm³/mol. The Morgan fingerprint density at radius 2 is 1.72 bits per heavy atom. The zero-order valence-electron chi connectivity index (χ0n) is 14.3. The van der Waals surface area contributed by atoms with Crippen LogP contribution in [0.1, 0.15) is 26.1 Å². The van der Waals surface area contributed by atoms with Gasteiger partial charge in [0.15, 0.2) is 11.5 Å². The molecule has 0 saturated carbocycles. The van der Waals surface area contributed by atoms with Crippen molar-refractivity contribution < 1.29 is 14.3 Å². The third-order valence-electron chi connectivity index (χ3n) is 3.97. The number of hydrogen-bond acceptors (Lipinski definition) is 5. The molecule has 1 aliphatic heterocycles. The number of carbonyl (C=O) groups excluding carboxylic acids is 1. The second-order valence-electron chi connectivity index (χ2n) is 5.57. The first-order chi connectivity index (χ1) is 12.2. The Morgan fingerprint density at radius 1 is 1.04 bits per heavy atom. The first-order valence-electron chi connectivity index (χ1n) is 8.03. The number of methoxy groups -OCH3 is 2. The maximum absolute atomic E-state index is 12.4. The van der Waals surface area contributed by atoms with Crippen LogP contribution in [0.5, 0.6) is 11.5 Å². The number of amides is 1. The van der Waals surface area contributed by atoms with Gasteiger partial charge in [-0.1, -0.05) is 18.2 Å². The number of hydrogen-bond donors (Lipinski definition) is 1. The molecule has 2 aromatic carbocycles. The molecular weight excluding hydrogens is 354 g/mol. The van der Waals surface area contributed by atoms with Crippen LogP contribution < -0.4 is 14.8 Å². The molecule has 1 N–H and O–H groups in total. The van der Waals surface area contributed by atoms with Gasteiger partial charge < -0.3 is 14.8 Å². The molecule has 2 aromatic rings. The molecule has 1 heterocycles. The zero-order chi connectivity index (χ0) is 17.6. The first kappa shape index (κ1) is 18.0. The van der Waals surface area contributed by atoms with Gasteiger partial charge in [-0.2, -0.15) is 0 Å². The van der Waals surface area contributed by atoms with E-state index in [1.807, 2.05) is 53.9 Å². The monoisotopic (exact) mass is 375 g/mol. The largest absolute Gasteiger partial charge is 0.493 e. The second kappa shape index (κ2) is 8.54. The van der Waals surface area contributed by atoms with Gasteiger partial charge in [-0.25, -0.2) is 0 Å². The average Bonchev–Trinajstić information content (AvgIpc) is 3.20. The highest BCUT2D eigenvalue weighted by Gasteiger charge is 2.18. The number of benzene rings is 2. The summed E-state index contributed by atoms with van der Waals surface area (Å²) in [5.74, 6) is 3.65. The van der Waals surface area contributed by atoms with Gasteiger partial charge in [0.05, 0.1) is 18.8 Å². The molecule has 1 fully saturated rings. The lowest BCUT2D eigenvalue weighted by Gasteiger charge is -2.11. The molecule has 0 bridgehead atoms. The molecule has 1 aliphatic rings. The molecule has 132 valence electrons. The number of thioether (sulfide) groups is 2. The number of rotatable bonds is 6. The maximum atomic E-state index is 12.4. The highest BCUT2D eigenvalue weighted by molar-refractivity contribution is 8.19. The smallest absolute Gasteiger partial charge is 0.251 e.